The second-order valence-electron chi connectivity index (χ2n) is 6.68. The standard InChI is InChI=1S/C20H22ClN3O3S/c1-15-11-12-17(13-19(15)21)24(28(26,27)18-9-3-2-4-10-18)14-20(25)23-22-16-7-5-6-8-16/h2-4,9-13H,5-8,14H2,1H3,(H,23,25). The van der Waals surface area contributed by atoms with E-state index in [1.54, 1.807) is 36.4 Å². The highest BCUT2D eigenvalue weighted by atomic mass is 35.5. The average molecular weight is 420 g/mol. The third-order valence-electron chi connectivity index (χ3n) is 4.58. The average Bonchev–Trinajstić information content (AvgIpc) is 3.21. The predicted molar refractivity (Wildman–Crippen MR) is 111 cm³/mol. The monoisotopic (exact) mass is 419 g/mol. The SMILES string of the molecule is Cc1ccc(N(CC(=O)NN=C2CCCC2)S(=O)(=O)c2ccccc2)cc1Cl. The van der Waals surface area contributed by atoms with Crippen LogP contribution in [-0.4, -0.2) is 26.6 Å². The van der Waals surface area contributed by atoms with Crippen molar-refractivity contribution in [2.75, 3.05) is 10.8 Å². The number of carbonyl (C=O) groups is 1. The molecule has 0 heterocycles. The lowest BCUT2D eigenvalue weighted by Crippen LogP contribution is -2.39. The zero-order chi connectivity index (χ0) is 20.1. The number of benzene rings is 2. The molecular weight excluding hydrogens is 398 g/mol. The predicted octanol–water partition coefficient (Wildman–Crippen LogP) is 3.89. The number of anilines is 1. The molecule has 0 aromatic heterocycles. The molecule has 2 aromatic rings. The van der Waals surface area contributed by atoms with Crippen LogP contribution < -0.4 is 9.73 Å². The Kier molecular flexibility index (Phi) is 6.36. The van der Waals surface area contributed by atoms with Gasteiger partial charge >= 0.3 is 0 Å². The highest BCUT2D eigenvalue weighted by molar-refractivity contribution is 7.92. The Morgan fingerprint density at radius 3 is 2.46 bits per heavy atom. The Balaban J connectivity index is 1.91. The molecule has 1 aliphatic carbocycles. The van der Waals surface area contributed by atoms with Gasteiger partial charge in [-0.25, -0.2) is 13.8 Å². The fourth-order valence-electron chi connectivity index (χ4n) is 2.97. The zero-order valence-electron chi connectivity index (χ0n) is 15.6. The summed E-state index contributed by atoms with van der Waals surface area (Å²) < 4.78 is 27.4. The largest absolute Gasteiger partial charge is 0.271 e. The second kappa shape index (κ2) is 8.75. The number of halogens is 1. The van der Waals surface area contributed by atoms with Crippen LogP contribution in [0.25, 0.3) is 0 Å². The molecule has 1 fully saturated rings. The van der Waals surface area contributed by atoms with E-state index in [9.17, 15) is 13.2 Å². The molecule has 0 spiro atoms. The number of hydrogen-bond acceptors (Lipinski definition) is 4. The Hall–Kier alpha value is -2.38. The molecule has 0 unspecified atom stereocenters. The molecule has 0 bridgehead atoms. The summed E-state index contributed by atoms with van der Waals surface area (Å²) >= 11 is 6.19. The molecule has 1 amide bonds. The van der Waals surface area contributed by atoms with Crippen LogP contribution in [0.15, 0.2) is 58.5 Å². The van der Waals surface area contributed by atoms with Crippen LogP contribution in [-0.2, 0) is 14.8 Å². The van der Waals surface area contributed by atoms with Crippen molar-refractivity contribution in [1.29, 1.82) is 0 Å². The van der Waals surface area contributed by atoms with Gasteiger partial charge in [0.05, 0.1) is 10.6 Å². The smallest absolute Gasteiger partial charge is 0.264 e. The maximum Gasteiger partial charge on any atom is 0.264 e. The normalized spacial score (nSPS) is 14.0. The van der Waals surface area contributed by atoms with E-state index in [0.717, 1.165) is 41.3 Å². The molecule has 0 saturated heterocycles. The van der Waals surface area contributed by atoms with E-state index in [2.05, 4.69) is 10.5 Å². The molecule has 0 radical (unpaired) electrons. The summed E-state index contributed by atoms with van der Waals surface area (Å²) in [7, 11) is -3.95. The minimum Gasteiger partial charge on any atom is -0.271 e. The van der Waals surface area contributed by atoms with Gasteiger partial charge in [-0.2, -0.15) is 5.10 Å². The molecule has 8 heteroatoms. The molecule has 1 N–H and O–H groups in total. The van der Waals surface area contributed by atoms with Crippen molar-refractivity contribution >= 4 is 38.9 Å². The van der Waals surface area contributed by atoms with Gasteiger partial charge < -0.3 is 0 Å². The van der Waals surface area contributed by atoms with Crippen LogP contribution in [0.1, 0.15) is 31.2 Å². The third kappa shape index (κ3) is 4.72. The van der Waals surface area contributed by atoms with Gasteiger partial charge in [-0.1, -0.05) is 35.9 Å². The van der Waals surface area contributed by atoms with Gasteiger partial charge in [0.2, 0.25) is 0 Å². The van der Waals surface area contributed by atoms with E-state index in [1.807, 2.05) is 6.92 Å². The van der Waals surface area contributed by atoms with E-state index in [4.69, 9.17) is 11.6 Å². The summed E-state index contributed by atoms with van der Waals surface area (Å²) in [5.41, 5.74) is 4.56. The van der Waals surface area contributed by atoms with E-state index >= 15 is 0 Å². The lowest BCUT2D eigenvalue weighted by Gasteiger charge is -2.24. The van der Waals surface area contributed by atoms with E-state index < -0.39 is 22.5 Å². The number of rotatable bonds is 6. The summed E-state index contributed by atoms with van der Waals surface area (Å²) in [4.78, 5) is 12.6. The Morgan fingerprint density at radius 1 is 1.14 bits per heavy atom. The summed E-state index contributed by atoms with van der Waals surface area (Å²) in [5.74, 6) is -0.504. The van der Waals surface area contributed by atoms with Gasteiger partial charge in [-0.3, -0.25) is 9.10 Å². The quantitative estimate of drug-likeness (QED) is 0.721. The van der Waals surface area contributed by atoms with Gasteiger partial charge in [0.25, 0.3) is 15.9 Å². The van der Waals surface area contributed by atoms with Crippen molar-refractivity contribution in [3.63, 3.8) is 0 Å². The molecule has 0 atom stereocenters. The number of nitrogens with one attached hydrogen (secondary N) is 1. The maximum absolute atomic E-state index is 13.2. The highest BCUT2D eigenvalue weighted by Crippen LogP contribution is 2.27. The number of hydrogen-bond donors (Lipinski definition) is 1. The van der Waals surface area contributed by atoms with Crippen molar-refractivity contribution in [3.8, 4) is 0 Å². The van der Waals surface area contributed by atoms with Crippen LogP contribution in [0.2, 0.25) is 5.02 Å². The first-order valence-corrected chi connectivity index (χ1v) is 10.9. The molecule has 148 valence electrons. The van der Waals surface area contributed by atoms with E-state index in [1.165, 1.54) is 12.1 Å². The Morgan fingerprint density at radius 2 is 1.82 bits per heavy atom. The summed E-state index contributed by atoms with van der Waals surface area (Å²) in [6, 6.07) is 12.9. The van der Waals surface area contributed by atoms with Crippen LogP contribution in [0.5, 0.6) is 0 Å². The second-order valence-corrected chi connectivity index (χ2v) is 8.95. The van der Waals surface area contributed by atoms with Crippen molar-refractivity contribution in [2.45, 2.75) is 37.5 Å². The molecule has 1 aliphatic rings. The number of aryl methyl sites for hydroxylation is 1. The topological polar surface area (TPSA) is 78.8 Å². The lowest BCUT2D eigenvalue weighted by molar-refractivity contribution is -0.119. The minimum atomic E-state index is -3.95. The molecule has 0 aliphatic heterocycles. The highest BCUT2D eigenvalue weighted by Gasteiger charge is 2.27. The van der Waals surface area contributed by atoms with Crippen LogP contribution in [0.3, 0.4) is 0 Å². The lowest BCUT2D eigenvalue weighted by atomic mass is 10.2. The van der Waals surface area contributed by atoms with Crippen LogP contribution in [0, 0.1) is 6.92 Å². The minimum absolute atomic E-state index is 0.0987. The fraction of sp³-hybridized carbons (Fsp3) is 0.300. The molecule has 3 rings (SSSR count). The fourth-order valence-corrected chi connectivity index (χ4v) is 4.58. The van der Waals surface area contributed by atoms with Crippen LogP contribution >= 0.6 is 11.6 Å². The number of hydrazone groups is 1. The van der Waals surface area contributed by atoms with E-state index in [-0.39, 0.29) is 4.90 Å². The number of carbonyl (C=O) groups excluding carboxylic acids is 1. The number of sulfonamides is 1. The molecule has 2 aromatic carbocycles. The maximum atomic E-state index is 13.2. The van der Waals surface area contributed by atoms with E-state index in [0.29, 0.717) is 10.7 Å². The van der Waals surface area contributed by atoms with Crippen molar-refractivity contribution in [1.82, 2.24) is 5.43 Å². The first-order valence-electron chi connectivity index (χ1n) is 9.06. The summed E-state index contributed by atoms with van der Waals surface area (Å²) in [6.07, 6.45) is 3.84. The first kappa shape index (κ1) is 20.4. The zero-order valence-corrected chi connectivity index (χ0v) is 17.1. The van der Waals surface area contributed by atoms with Crippen LogP contribution in [0.4, 0.5) is 5.69 Å². The van der Waals surface area contributed by atoms with Crippen molar-refractivity contribution in [3.05, 3.63) is 59.1 Å². The van der Waals surface area contributed by atoms with Crippen molar-refractivity contribution in [2.24, 2.45) is 5.10 Å². The van der Waals surface area contributed by atoms with Gasteiger partial charge in [0.15, 0.2) is 0 Å². The Labute approximate surface area is 170 Å². The molecule has 28 heavy (non-hydrogen) atoms. The van der Waals surface area contributed by atoms with Crippen molar-refractivity contribution < 1.29 is 13.2 Å². The van der Waals surface area contributed by atoms with Gasteiger partial charge in [0.1, 0.15) is 6.54 Å². The molecule has 1 saturated carbocycles. The first-order chi connectivity index (χ1) is 13.4. The Bertz CT molecular complexity index is 983. The van der Waals surface area contributed by atoms with Gasteiger partial charge in [-0.05, 0) is 62.4 Å². The molecular formula is C20H22ClN3O3S. The third-order valence-corrected chi connectivity index (χ3v) is 6.78. The summed E-state index contributed by atoms with van der Waals surface area (Å²) in [6.45, 7) is 1.43. The number of nitrogens with zero attached hydrogens (tertiary/aromatic N) is 2. The molecule has 6 nitrogen and oxygen atoms in total. The summed E-state index contributed by atoms with van der Waals surface area (Å²) in [5, 5.41) is 4.55. The van der Waals surface area contributed by atoms with Gasteiger partial charge in [-0.15, -0.1) is 0 Å². The van der Waals surface area contributed by atoms with Gasteiger partial charge in [0, 0.05) is 10.7 Å². The number of amides is 1.